The molecule has 0 aliphatic carbocycles. The second-order valence-corrected chi connectivity index (χ2v) is 5.52. The Balaban J connectivity index is 1.58. The topological polar surface area (TPSA) is 63.2 Å². The highest BCUT2D eigenvalue weighted by atomic mass is 16.5. The van der Waals surface area contributed by atoms with Crippen molar-refractivity contribution in [3.8, 4) is 5.88 Å². The molecule has 3 heterocycles. The highest BCUT2D eigenvalue weighted by Crippen LogP contribution is 2.18. The van der Waals surface area contributed by atoms with Crippen molar-refractivity contribution in [3.05, 3.63) is 42.5 Å². The van der Waals surface area contributed by atoms with Crippen molar-refractivity contribution in [1.82, 2.24) is 19.9 Å². The first-order chi connectivity index (χ1) is 10.8. The molecule has 0 bridgehead atoms. The van der Waals surface area contributed by atoms with Gasteiger partial charge in [0.2, 0.25) is 5.88 Å². The number of hydrogen-bond acceptors (Lipinski definition) is 6. The van der Waals surface area contributed by atoms with Crippen LogP contribution in [0.25, 0.3) is 0 Å². The fourth-order valence-electron chi connectivity index (χ4n) is 2.82. The number of pyridine rings is 1. The number of methoxy groups -OCH3 is 1. The van der Waals surface area contributed by atoms with E-state index in [9.17, 15) is 0 Å². The molecule has 1 aliphatic rings. The molecule has 0 radical (unpaired) electrons. The Kier molecular flexibility index (Phi) is 4.80. The summed E-state index contributed by atoms with van der Waals surface area (Å²) in [4.78, 5) is 14.8. The van der Waals surface area contributed by atoms with Crippen molar-refractivity contribution < 1.29 is 4.74 Å². The molecule has 0 aromatic carbocycles. The van der Waals surface area contributed by atoms with Gasteiger partial charge in [-0.25, -0.2) is 15.0 Å². The summed E-state index contributed by atoms with van der Waals surface area (Å²) in [5, 5.41) is 3.49. The summed E-state index contributed by atoms with van der Waals surface area (Å²) in [5.41, 5.74) is 1.23. The number of ether oxygens (including phenoxy) is 1. The Morgan fingerprint density at radius 3 is 3.09 bits per heavy atom. The van der Waals surface area contributed by atoms with Crippen molar-refractivity contribution in [2.75, 3.05) is 25.5 Å². The van der Waals surface area contributed by atoms with Gasteiger partial charge in [0.05, 0.1) is 7.11 Å². The Morgan fingerprint density at radius 2 is 2.27 bits per heavy atom. The molecule has 0 saturated carbocycles. The third-order valence-electron chi connectivity index (χ3n) is 3.85. The number of piperidine rings is 1. The first-order valence-corrected chi connectivity index (χ1v) is 7.57. The Bertz CT molecular complexity index is 592. The van der Waals surface area contributed by atoms with Crippen LogP contribution in [0.3, 0.4) is 0 Å². The monoisotopic (exact) mass is 299 g/mol. The van der Waals surface area contributed by atoms with E-state index in [1.54, 1.807) is 25.8 Å². The van der Waals surface area contributed by atoms with Crippen LogP contribution in [0.5, 0.6) is 5.88 Å². The van der Waals surface area contributed by atoms with E-state index in [1.165, 1.54) is 18.4 Å². The molecule has 6 heteroatoms. The van der Waals surface area contributed by atoms with Crippen molar-refractivity contribution in [3.63, 3.8) is 0 Å². The molecule has 2 aromatic rings. The summed E-state index contributed by atoms with van der Waals surface area (Å²) in [6.45, 7) is 3.04. The molecule has 116 valence electrons. The van der Waals surface area contributed by atoms with E-state index in [-0.39, 0.29) is 0 Å². The largest absolute Gasteiger partial charge is 0.481 e. The predicted octanol–water partition coefficient (Wildman–Crippen LogP) is 1.96. The SMILES string of the molecule is COc1cc(CN2CCCC(Nc3ccncn3)C2)ccn1. The lowest BCUT2D eigenvalue weighted by Crippen LogP contribution is -2.41. The van der Waals surface area contributed by atoms with E-state index >= 15 is 0 Å². The molecular weight excluding hydrogens is 278 g/mol. The number of rotatable bonds is 5. The average molecular weight is 299 g/mol. The summed E-state index contributed by atoms with van der Waals surface area (Å²) in [6, 6.07) is 6.38. The maximum atomic E-state index is 5.19. The third kappa shape index (κ3) is 3.92. The molecule has 1 saturated heterocycles. The van der Waals surface area contributed by atoms with Gasteiger partial charge >= 0.3 is 0 Å². The van der Waals surface area contributed by atoms with Crippen molar-refractivity contribution >= 4 is 5.82 Å². The third-order valence-corrected chi connectivity index (χ3v) is 3.85. The van der Waals surface area contributed by atoms with E-state index in [4.69, 9.17) is 4.74 Å². The number of likely N-dealkylation sites (tertiary alicyclic amines) is 1. The Labute approximate surface area is 130 Å². The Hall–Kier alpha value is -2.21. The van der Waals surface area contributed by atoms with Gasteiger partial charge in [-0.15, -0.1) is 0 Å². The summed E-state index contributed by atoms with van der Waals surface area (Å²) in [7, 11) is 1.65. The van der Waals surface area contributed by atoms with Gasteiger partial charge in [0.25, 0.3) is 0 Å². The highest BCUT2D eigenvalue weighted by Gasteiger charge is 2.20. The van der Waals surface area contributed by atoms with Gasteiger partial charge in [-0.1, -0.05) is 0 Å². The molecule has 2 aromatic heterocycles. The lowest BCUT2D eigenvalue weighted by molar-refractivity contribution is 0.208. The number of hydrogen-bond donors (Lipinski definition) is 1. The molecule has 1 unspecified atom stereocenters. The summed E-state index contributed by atoms with van der Waals surface area (Å²) < 4.78 is 5.19. The number of nitrogens with one attached hydrogen (secondary N) is 1. The van der Waals surface area contributed by atoms with Crippen molar-refractivity contribution in [2.45, 2.75) is 25.4 Å². The van der Waals surface area contributed by atoms with Crippen LogP contribution in [-0.2, 0) is 6.54 Å². The molecule has 1 N–H and O–H groups in total. The zero-order valence-corrected chi connectivity index (χ0v) is 12.8. The fraction of sp³-hybridized carbons (Fsp3) is 0.438. The van der Waals surface area contributed by atoms with Gasteiger partial charge in [0, 0.05) is 37.6 Å². The van der Waals surface area contributed by atoms with Crippen LogP contribution in [0, 0.1) is 0 Å². The van der Waals surface area contributed by atoms with Crippen LogP contribution in [0.2, 0.25) is 0 Å². The minimum atomic E-state index is 0.424. The number of anilines is 1. The van der Waals surface area contributed by atoms with Crippen LogP contribution in [-0.4, -0.2) is 46.1 Å². The quantitative estimate of drug-likeness (QED) is 0.910. The maximum absolute atomic E-state index is 5.19. The van der Waals surface area contributed by atoms with Crippen molar-refractivity contribution in [2.24, 2.45) is 0 Å². The predicted molar refractivity (Wildman–Crippen MR) is 84.7 cm³/mol. The second kappa shape index (κ2) is 7.17. The minimum Gasteiger partial charge on any atom is -0.481 e. The molecule has 6 nitrogen and oxygen atoms in total. The molecular formula is C16H21N5O. The fourth-order valence-corrected chi connectivity index (χ4v) is 2.82. The molecule has 0 amide bonds. The lowest BCUT2D eigenvalue weighted by atomic mass is 10.0. The van der Waals surface area contributed by atoms with Crippen LogP contribution in [0.15, 0.2) is 36.9 Å². The number of nitrogens with zero attached hydrogens (tertiary/aromatic N) is 4. The van der Waals surface area contributed by atoms with Gasteiger partial charge in [0.15, 0.2) is 0 Å². The molecule has 22 heavy (non-hydrogen) atoms. The smallest absolute Gasteiger partial charge is 0.213 e. The van der Waals surface area contributed by atoms with E-state index in [0.717, 1.165) is 25.5 Å². The first kappa shape index (κ1) is 14.7. The first-order valence-electron chi connectivity index (χ1n) is 7.57. The second-order valence-electron chi connectivity index (χ2n) is 5.52. The van der Waals surface area contributed by atoms with Crippen molar-refractivity contribution in [1.29, 1.82) is 0 Å². The van der Waals surface area contributed by atoms with Gasteiger partial charge in [0.1, 0.15) is 12.1 Å². The number of aromatic nitrogens is 3. The molecule has 1 aliphatic heterocycles. The van der Waals surface area contributed by atoms with Crippen LogP contribution in [0.1, 0.15) is 18.4 Å². The molecule has 1 fully saturated rings. The minimum absolute atomic E-state index is 0.424. The van der Waals surface area contributed by atoms with E-state index < -0.39 is 0 Å². The average Bonchev–Trinajstić information content (AvgIpc) is 2.56. The summed E-state index contributed by atoms with van der Waals surface area (Å²) >= 11 is 0. The van der Waals surface area contributed by atoms with Gasteiger partial charge < -0.3 is 10.1 Å². The standard InChI is InChI=1S/C16H21N5O/c1-22-16-9-13(4-7-18-16)10-21-8-2-3-14(11-21)20-15-5-6-17-12-19-15/h4-7,9,12,14H,2-3,8,10-11H2,1H3,(H,17,19,20). The summed E-state index contributed by atoms with van der Waals surface area (Å²) in [5.74, 6) is 1.57. The van der Waals surface area contributed by atoms with Gasteiger partial charge in [-0.2, -0.15) is 0 Å². The molecule has 1 atom stereocenters. The zero-order chi connectivity index (χ0) is 15.2. The van der Waals surface area contributed by atoms with Crippen LogP contribution >= 0.6 is 0 Å². The highest BCUT2D eigenvalue weighted by molar-refractivity contribution is 5.33. The van der Waals surface area contributed by atoms with E-state index in [2.05, 4.69) is 25.2 Å². The van der Waals surface area contributed by atoms with Gasteiger partial charge in [-0.05, 0) is 37.1 Å². The van der Waals surface area contributed by atoms with E-state index in [0.29, 0.717) is 11.9 Å². The van der Waals surface area contributed by atoms with E-state index in [1.807, 2.05) is 18.2 Å². The normalized spacial score (nSPS) is 18.9. The zero-order valence-electron chi connectivity index (χ0n) is 12.8. The summed E-state index contributed by atoms with van der Waals surface area (Å²) in [6.07, 6.45) is 7.49. The molecule has 3 rings (SSSR count). The Morgan fingerprint density at radius 1 is 1.32 bits per heavy atom. The van der Waals surface area contributed by atoms with Gasteiger partial charge in [-0.3, -0.25) is 4.90 Å². The lowest BCUT2D eigenvalue weighted by Gasteiger charge is -2.33. The maximum Gasteiger partial charge on any atom is 0.213 e. The van der Waals surface area contributed by atoms with Crippen LogP contribution in [0.4, 0.5) is 5.82 Å². The van der Waals surface area contributed by atoms with Crippen LogP contribution < -0.4 is 10.1 Å². The molecule has 0 spiro atoms.